The van der Waals surface area contributed by atoms with Gasteiger partial charge in [0.05, 0.1) is 11.9 Å². The van der Waals surface area contributed by atoms with Crippen LogP contribution in [-0.2, 0) is 6.42 Å². The number of halogens is 2. The molecule has 0 saturated carbocycles. The average molecular weight is 295 g/mol. The minimum Gasteiger partial charge on any atom is -0.434 e. The van der Waals surface area contributed by atoms with Crippen LogP contribution in [0.4, 0.5) is 8.78 Å². The lowest BCUT2D eigenvalue weighted by Gasteiger charge is -2.09. The van der Waals surface area contributed by atoms with Crippen LogP contribution >= 0.6 is 0 Å². The molecule has 0 atom stereocenters. The molecule has 0 aliphatic carbocycles. The molecule has 0 fully saturated rings. The van der Waals surface area contributed by atoms with Crippen molar-refractivity contribution in [3.8, 4) is 17.0 Å². The molecule has 0 aliphatic rings. The Kier molecular flexibility index (Phi) is 5.27. The van der Waals surface area contributed by atoms with Crippen LogP contribution in [0.5, 0.6) is 5.75 Å². The molecule has 0 aliphatic heterocycles. The first-order chi connectivity index (χ1) is 10.1. The number of rotatable bonds is 7. The van der Waals surface area contributed by atoms with Crippen LogP contribution in [0, 0.1) is 0 Å². The van der Waals surface area contributed by atoms with E-state index in [2.05, 4.69) is 33.9 Å². The van der Waals surface area contributed by atoms with Crippen LogP contribution in [0.2, 0.25) is 0 Å². The molecule has 114 valence electrons. The molecule has 1 aromatic heterocycles. The third-order valence-corrected chi connectivity index (χ3v) is 2.94. The summed E-state index contributed by atoms with van der Waals surface area (Å²) in [7, 11) is 0. The van der Waals surface area contributed by atoms with Crippen molar-refractivity contribution in [3.05, 3.63) is 36.3 Å². The van der Waals surface area contributed by atoms with E-state index >= 15 is 0 Å². The Balaban J connectivity index is 2.10. The molecule has 6 heteroatoms. The van der Waals surface area contributed by atoms with Crippen LogP contribution < -0.4 is 10.1 Å². The largest absolute Gasteiger partial charge is 0.434 e. The van der Waals surface area contributed by atoms with Gasteiger partial charge >= 0.3 is 6.61 Å². The van der Waals surface area contributed by atoms with Crippen molar-refractivity contribution >= 4 is 0 Å². The van der Waals surface area contributed by atoms with Crippen LogP contribution in [0.3, 0.4) is 0 Å². The summed E-state index contributed by atoms with van der Waals surface area (Å²) in [5.74, 6) is 0.952. The number of alkyl halides is 2. The van der Waals surface area contributed by atoms with Gasteiger partial charge in [-0.1, -0.05) is 26.0 Å². The van der Waals surface area contributed by atoms with E-state index in [1.54, 1.807) is 24.4 Å². The maximum atomic E-state index is 12.4. The van der Waals surface area contributed by atoms with Crippen molar-refractivity contribution in [1.82, 2.24) is 15.3 Å². The molecule has 0 amide bonds. The molecule has 2 aromatic rings. The highest BCUT2D eigenvalue weighted by atomic mass is 19.3. The monoisotopic (exact) mass is 295 g/mol. The first-order valence-electron chi connectivity index (χ1n) is 6.87. The van der Waals surface area contributed by atoms with Crippen LogP contribution in [0.15, 0.2) is 30.5 Å². The minimum atomic E-state index is -2.84. The molecule has 0 saturated heterocycles. The number of hydrogen-bond acceptors (Lipinski definition) is 3. The number of benzene rings is 1. The molecule has 2 rings (SSSR count). The van der Waals surface area contributed by atoms with E-state index in [1.165, 1.54) is 6.07 Å². The second-order valence-corrected chi connectivity index (χ2v) is 4.98. The highest BCUT2D eigenvalue weighted by Crippen LogP contribution is 2.29. The van der Waals surface area contributed by atoms with Crippen molar-refractivity contribution < 1.29 is 13.5 Å². The topological polar surface area (TPSA) is 49.9 Å². The summed E-state index contributed by atoms with van der Waals surface area (Å²) in [5, 5.41) is 3.30. The summed E-state index contributed by atoms with van der Waals surface area (Å²) >= 11 is 0. The molecule has 0 radical (unpaired) electrons. The molecule has 21 heavy (non-hydrogen) atoms. The zero-order valence-corrected chi connectivity index (χ0v) is 12.1. The molecular weight excluding hydrogens is 276 g/mol. The number of para-hydroxylation sites is 1. The number of aromatic nitrogens is 2. The number of nitrogens with one attached hydrogen (secondary N) is 2. The molecule has 0 bridgehead atoms. The van der Waals surface area contributed by atoms with Crippen LogP contribution in [-0.4, -0.2) is 29.2 Å². The average Bonchev–Trinajstić information content (AvgIpc) is 2.87. The van der Waals surface area contributed by atoms with Crippen molar-refractivity contribution in [2.45, 2.75) is 32.9 Å². The Hall–Kier alpha value is -1.95. The van der Waals surface area contributed by atoms with Gasteiger partial charge in [0, 0.05) is 24.6 Å². The molecule has 1 aromatic carbocycles. The fraction of sp³-hybridized carbons (Fsp3) is 0.400. The van der Waals surface area contributed by atoms with Gasteiger partial charge < -0.3 is 15.0 Å². The second kappa shape index (κ2) is 7.17. The maximum absolute atomic E-state index is 12.4. The molecule has 1 heterocycles. The first kappa shape index (κ1) is 15.4. The lowest BCUT2D eigenvalue weighted by Crippen LogP contribution is -2.25. The van der Waals surface area contributed by atoms with Crippen LogP contribution in [0.1, 0.15) is 19.7 Å². The standard InChI is InChI=1S/C15H19F2N3O/c1-10(2)18-8-7-14-19-9-12(20-14)11-5-3-4-6-13(11)21-15(16)17/h3-6,9-10,15,18H,7-8H2,1-2H3,(H,19,20). The van der Waals surface area contributed by atoms with Crippen molar-refractivity contribution in [1.29, 1.82) is 0 Å². The van der Waals surface area contributed by atoms with Crippen molar-refractivity contribution in [2.24, 2.45) is 0 Å². The maximum Gasteiger partial charge on any atom is 0.387 e. The van der Waals surface area contributed by atoms with E-state index in [1.807, 2.05) is 0 Å². The number of H-pyrrole nitrogens is 1. The summed E-state index contributed by atoms with van der Waals surface area (Å²) < 4.78 is 29.3. The highest BCUT2D eigenvalue weighted by molar-refractivity contribution is 5.66. The third-order valence-electron chi connectivity index (χ3n) is 2.94. The van der Waals surface area contributed by atoms with Gasteiger partial charge in [0.1, 0.15) is 11.6 Å². The molecular formula is C15H19F2N3O. The van der Waals surface area contributed by atoms with Crippen molar-refractivity contribution in [3.63, 3.8) is 0 Å². The summed E-state index contributed by atoms with van der Waals surface area (Å²) in [6.45, 7) is 2.11. The van der Waals surface area contributed by atoms with E-state index in [0.717, 1.165) is 18.8 Å². The predicted molar refractivity (Wildman–Crippen MR) is 77.5 cm³/mol. The van der Waals surface area contributed by atoms with Gasteiger partial charge in [0.2, 0.25) is 0 Å². The zero-order chi connectivity index (χ0) is 15.2. The number of imidazole rings is 1. The Morgan fingerprint density at radius 3 is 2.76 bits per heavy atom. The number of nitrogens with zero attached hydrogens (tertiary/aromatic N) is 1. The fourth-order valence-electron chi connectivity index (χ4n) is 1.99. The highest BCUT2D eigenvalue weighted by Gasteiger charge is 2.12. The second-order valence-electron chi connectivity index (χ2n) is 4.98. The normalized spacial score (nSPS) is 11.3. The predicted octanol–water partition coefficient (Wildman–Crippen LogP) is 3.22. The van der Waals surface area contributed by atoms with Gasteiger partial charge in [-0.3, -0.25) is 0 Å². The van der Waals surface area contributed by atoms with E-state index in [-0.39, 0.29) is 5.75 Å². The number of hydrogen-bond donors (Lipinski definition) is 2. The Labute approximate surface area is 122 Å². The molecule has 4 nitrogen and oxygen atoms in total. The zero-order valence-electron chi connectivity index (χ0n) is 12.1. The van der Waals surface area contributed by atoms with Crippen LogP contribution in [0.25, 0.3) is 11.3 Å². The molecule has 2 N–H and O–H groups in total. The van der Waals surface area contributed by atoms with E-state index in [4.69, 9.17) is 0 Å². The Morgan fingerprint density at radius 1 is 1.29 bits per heavy atom. The summed E-state index contributed by atoms with van der Waals surface area (Å²) in [6.07, 6.45) is 2.38. The summed E-state index contributed by atoms with van der Waals surface area (Å²) in [6, 6.07) is 7.09. The lowest BCUT2D eigenvalue weighted by atomic mass is 10.1. The smallest absolute Gasteiger partial charge is 0.387 e. The quantitative estimate of drug-likeness (QED) is 0.824. The third kappa shape index (κ3) is 4.53. The number of ether oxygens (including phenoxy) is 1. The summed E-state index contributed by atoms with van der Waals surface area (Å²) in [4.78, 5) is 7.41. The Morgan fingerprint density at radius 2 is 2.05 bits per heavy atom. The van der Waals surface area contributed by atoms with Gasteiger partial charge in [0.15, 0.2) is 0 Å². The minimum absolute atomic E-state index is 0.142. The van der Waals surface area contributed by atoms with E-state index < -0.39 is 6.61 Å². The summed E-state index contributed by atoms with van der Waals surface area (Å²) in [5.41, 5.74) is 1.25. The van der Waals surface area contributed by atoms with Gasteiger partial charge in [-0.15, -0.1) is 0 Å². The van der Waals surface area contributed by atoms with Gasteiger partial charge in [0.25, 0.3) is 0 Å². The van der Waals surface area contributed by atoms with Crippen molar-refractivity contribution in [2.75, 3.05) is 6.54 Å². The van der Waals surface area contributed by atoms with Gasteiger partial charge in [-0.2, -0.15) is 8.78 Å². The van der Waals surface area contributed by atoms with Gasteiger partial charge in [-0.05, 0) is 12.1 Å². The Bertz CT molecular complexity index is 570. The number of aromatic amines is 1. The molecule has 0 spiro atoms. The lowest BCUT2D eigenvalue weighted by molar-refractivity contribution is -0.0494. The van der Waals surface area contributed by atoms with E-state index in [9.17, 15) is 8.78 Å². The molecule has 0 unspecified atom stereocenters. The first-order valence-corrected chi connectivity index (χ1v) is 6.87. The van der Waals surface area contributed by atoms with E-state index in [0.29, 0.717) is 17.3 Å². The fourth-order valence-corrected chi connectivity index (χ4v) is 1.99. The van der Waals surface area contributed by atoms with Gasteiger partial charge in [-0.25, -0.2) is 4.98 Å². The SMILES string of the molecule is CC(C)NCCc1ncc(-c2ccccc2OC(F)F)[nH]1.